The molecule has 0 spiro atoms. The van der Waals surface area contributed by atoms with Gasteiger partial charge >= 0.3 is 0 Å². The number of nitrogens with two attached hydrogens (primary N) is 1. The van der Waals surface area contributed by atoms with Crippen molar-refractivity contribution in [2.75, 3.05) is 37.9 Å². The number of ether oxygens (including phenoxy) is 1. The molecule has 1 saturated heterocycles. The number of benzene rings is 2. The van der Waals surface area contributed by atoms with Crippen molar-refractivity contribution in [2.45, 2.75) is 31.8 Å². The maximum atomic E-state index is 6.16. The molecule has 3 N–H and O–H groups in total. The number of nitrogens with one attached hydrogen (secondary N) is 1. The van der Waals surface area contributed by atoms with Crippen LogP contribution in [0, 0.1) is 0 Å². The third-order valence-electron chi connectivity index (χ3n) is 5.52. The summed E-state index contributed by atoms with van der Waals surface area (Å²) in [5, 5.41) is 9.04. The summed E-state index contributed by atoms with van der Waals surface area (Å²) in [5.74, 6) is 0.597. The van der Waals surface area contributed by atoms with Gasteiger partial charge in [0.1, 0.15) is 0 Å². The minimum Gasteiger partial charge on any atom is -0.383 e. The zero-order valence-electron chi connectivity index (χ0n) is 16.5. The largest absolute Gasteiger partial charge is 0.383 e. The highest BCUT2D eigenvalue weighted by Gasteiger charge is 2.23. The van der Waals surface area contributed by atoms with Crippen LogP contribution >= 0.6 is 0 Å². The van der Waals surface area contributed by atoms with Crippen LogP contribution in [0.4, 0.5) is 17.2 Å². The van der Waals surface area contributed by atoms with Crippen molar-refractivity contribution in [3.8, 4) is 0 Å². The van der Waals surface area contributed by atoms with Crippen molar-refractivity contribution in [3.63, 3.8) is 0 Å². The van der Waals surface area contributed by atoms with Gasteiger partial charge in [-0.1, -0.05) is 18.2 Å². The molecule has 1 unspecified atom stereocenters. The lowest BCUT2D eigenvalue weighted by Gasteiger charge is -2.23. The number of aryl methyl sites for hydroxylation is 1. The predicted octanol–water partition coefficient (Wildman–Crippen LogP) is 3.86. The second-order valence-electron chi connectivity index (χ2n) is 7.47. The smallest absolute Gasteiger partial charge is 0.153 e. The number of methoxy groups -OCH3 is 1. The standard InChI is InChI=1S/C22H29N5O/c1-28-16-19-9-5-12-26(19)13-6-14-27-21-15-18(10-11-20(21)22(23)25-27)24-17-7-3-2-4-8-17/h2-4,7-8,10-11,15,19,24H,5-6,9,12-14,16H2,1H3,(H2,23,25). The van der Waals surface area contributed by atoms with Crippen molar-refractivity contribution < 1.29 is 4.74 Å². The van der Waals surface area contributed by atoms with E-state index in [1.165, 1.54) is 19.4 Å². The Bertz CT molecular complexity index is 908. The lowest BCUT2D eigenvalue weighted by atomic mass is 10.2. The lowest BCUT2D eigenvalue weighted by Crippen LogP contribution is -2.34. The number of nitrogen functional groups attached to an aromatic ring is 1. The Kier molecular flexibility index (Phi) is 5.78. The highest BCUT2D eigenvalue weighted by molar-refractivity contribution is 5.91. The Hall–Kier alpha value is -2.57. The van der Waals surface area contributed by atoms with Crippen molar-refractivity contribution in [2.24, 2.45) is 0 Å². The quantitative estimate of drug-likeness (QED) is 0.622. The number of hydrogen-bond acceptors (Lipinski definition) is 5. The van der Waals surface area contributed by atoms with E-state index in [4.69, 9.17) is 10.5 Å². The maximum absolute atomic E-state index is 6.16. The molecule has 0 saturated carbocycles. The van der Waals surface area contributed by atoms with Gasteiger partial charge in [0.2, 0.25) is 0 Å². The van der Waals surface area contributed by atoms with E-state index in [0.717, 1.165) is 48.4 Å². The molecule has 0 aliphatic carbocycles. The molecule has 28 heavy (non-hydrogen) atoms. The molecule has 0 bridgehead atoms. The van der Waals surface area contributed by atoms with Crippen molar-refractivity contribution >= 4 is 28.1 Å². The van der Waals surface area contributed by atoms with Gasteiger partial charge in [0.05, 0.1) is 12.1 Å². The van der Waals surface area contributed by atoms with E-state index in [0.29, 0.717) is 11.9 Å². The molecule has 0 radical (unpaired) electrons. The first-order valence-corrected chi connectivity index (χ1v) is 10.1. The Balaban J connectivity index is 1.45. The molecule has 1 aliphatic rings. The monoisotopic (exact) mass is 379 g/mol. The SMILES string of the molecule is COCC1CCCN1CCCn1nc(N)c2ccc(Nc3ccccc3)cc21. The van der Waals surface area contributed by atoms with E-state index in [1.807, 2.05) is 22.9 Å². The average molecular weight is 380 g/mol. The van der Waals surface area contributed by atoms with Gasteiger partial charge < -0.3 is 15.8 Å². The van der Waals surface area contributed by atoms with Crippen LogP contribution < -0.4 is 11.1 Å². The van der Waals surface area contributed by atoms with E-state index in [1.54, 1.807) is 7.11 Å². The van der Waals surface area contributed by atoms with Crippen molar-refractivity contribution in [3.05, 3.63) is 48.5 Å². The molecular weight excluding hydrogens is 350 g/mol. The highest BCUT2D eigenvalue weighted by Crippen LogP contribution is 2.26. The molecule has 1 atom stereocenters. The van der Waals surface area contributed by atoms with Gasteiger partial charge in [-0.15, -0.1) is 0 Å². The Labute approximate surface area is 166 Å². The number of anilines is 3. The first-order chi connectivity index (χ1) is 13.7. The zero-order chi connectivity index (χ0) is 19.3. The summed E-state index contributed by atoms with van der Waals surface area (Å²) >= 11 is 0. The van der Waals surface area contributed by atoms with Crippen LogP contribution in [0.1, 0.15) is 19.3 Å². The number of para-hydroxylation sites is 1. The van der Waals surface area contributed by atoms with Crippen LogP contribution in [0.15, 0.2) is 48.5 Å². The fraction of sp³-hybridized carbons (Fsp3) is 0.409. The fourth-order valence-corrected chi connectivity index (χ4v) is 4.13. The van der Waals surface area contributed by atoms with Crippen LogP contribution in [0.2, 0.25) is 0 Å². The third-order valence-corrected chi connectivity index (χ3v) is 5.52. The van der Waals surface area contributed by atoms with Crippen LogP contribution in [-0.2, 0) is 11.3 Å². The summed E-state index contributed by atoms with van der Waals surface area (Å²) in [6.45, 7) is 3.92. The average Bonchev–Trinajstić information content (AvgIpc) is 3.27. The zero-order valence-corrected chi connectivity index (χ0v) is 16.5. The summed E-state index contributed by atoms with van der Waals surface area (Å²) in [5.41, 5.74) is 9.34. The van der Waals surface area contributed by atoms with Crippen molar-refractivity contribution in [1.29, 1.82) is 0 Å². The van der Waals surface area contributed by atoms with E-state index in [-0.39, 0.29) is 0 Å². The molecule has 2 heterocycles. The Morgan fingerprint density at radius 2 is 2.00 bits per heavy atom. The second-order valence-corrected chi connectivity index (χ2v) is 7.47. The first kappa shape index (κ1) is 18.8. The summed E-state index contributed by atoms with van der Waals surface area (Å²) in [6, 6.07) is 17.0. The molecular formula is C22H29N5O. The van der Waals surface area contributed by atoms with Gasteiger partial charge in [0.25, 0.3) is 0 Å². The summed E-state index contributed by atoms with van der Waals surface area (Å²) < 4.78 is 7.40. The second kappa shape index (κ2) is 8.63. The molecule has 2 aromatic carbocycles. The lowest BCUT2D eigenvalue weighted by molar-refractivity contribution is 0.114. The number of nitrogens with zero attached hydrogens (tertiary/aromatic N) is 3. The van der Waals surface area contributed by atoms with E-state index >= 15 is 0 Å². The van der Waals surface area contributed by atoms with Gasteiger partial charge in [-0.05, 0) is 56.1 Å². The maximum Gasteiger partial charge on any atom is 0.153 e. The van der Waals surface area contributed by atoms with E-state index in [9.17, 15) is 0 Å². The van der Waals surface area contributed by atoms with Crippen LogP contribution in [0.3, 0.4) is 0 Å². The summed E-state index contributed by atoms with van der Waals surface area (Å²) in [6.07, 6.45) is 3.55. The number of fused-ring (bicyclic) bond motifs is 1. The number of rotatable bonds is 8. The third kappa shape index (κ3) is 4.13. The number of aromatic nitrogens is 2. The Morgan fingerprint density at radius 1 is 1.14 bits per heavy atom. The van der Waals surface area contributed by atoms with E-state index in [2.05, 4.69) is 45.6 Å². The van der Waals surface area contributed by atoms with Gasteiger partial charge in [-0.25, -0.2) is 0 Å². The normalized spacial score (nSPS) is 17.4. The molecule has 1 aromatic heterocycles. The van der Waals surface area contributed by atoms with Crippen LogP contribution in [0.25, 0.3) is 10.9 Å². The Morgan fingerprint density at radius 3 is 2.82 bits per heavy atom. The van der Waals surface area contributed by atoms with Gasteiger partial charge in [0, 0.05) is 43.0 Å². The van der Waals surface area contributed by atoms with Crippen LogP contribution in [0.5, 0.6) is 0 Å². The molecule has 1 fully saturated rings. The number of likely N-dealkylation sites (tertiary alicyclic amines) is 1. The molecule has 4 rings (SSSR count). The molecule has 6 nitrogen and oxygen atoms in total. The van der Waals surface area contributed by atoms with Crippen LogP contribution in [-0.4, -0.2) is 47.5 Å². The van der Waals surface area contributed by atoms with Gasteiger partial charge in [0.15, 0.2) is 5.82 Å². The minimum absolute atomic E-state index is 0.561. The minimum atomic E-state index is 0.561. The molecule has 148 valence electrons. The highest BCUT2D eigenvalue weighted by atomic mass is 16.5. The summed E-state index contributed by atoms with van der Waals surface area (Å²) in [7, 11) is 1.79. The van der Waals surface area contributed by atoms with Gasteiger partial charge in [-0.3, -0.25) is 9.58 Å². The predicted molar refractivity (Wildman–Crippen MR) is 115 cm³/mol. The molecule has 1 aliphatic heterocycles. The summed E-state index contributed by atoms with van der Waals surface area (Å²) in [4.78, 5) is 2.54. The number of hydrogen-bond donors (Lipinski definition) is 2. The fourth-order valence-electron chi connectivity index (χ4n) is 4.13. The molecule has 0 amide bonds. The topological polar surface area (TPSA) is 68.3 Å². The molecule has 6 heteroatoms. The van der Waals surface area contributed by atoms with Crippen molar-refractivity contribution in [1.82, 2.24) is 14.7 Å². The van der Waals surface area contributed by atoms with Gasteiger partial charge in [-0.2, -0.15) is 5.10 Å². The molecule has 3 aromatic rings. The van der Waals surface area contributed by atoms with E-state index < -0.39 is 0 Å². The first-order valence-electron chi connectivity index (χ1n) is 10.1.